The summed E-state index contributed by atoms with van der Waals surface area (Å²) in [7, 11) is 2.21. The second-order valence-corrected chi connectivity index (χ2v) is 5.52. The third-order valence-electron chi connectivity index (χ3n) is 4.25. The van der Waals surface area contributed by atoms with Crippen molar-refractivity contribution < 1.29 is 4.79 Å². The van der Waals surface area contributed by atoms with Crippen LogP contribution < -0.4 is 5.73 Å². The number of carbonyl (C=O) groups is 1. The van der Waals surface area contributed by atoms with Gasteiger partial charge in [-0.05, 0) is 19.9 Å². The fraction of sp³-hybridized carbons (Fsp3) is 0.833. The number of hydrogen-bond donors (Lipinski definition) is 1. The highest BCUT2D eigenvalue weighted by Gasteiger charge is 2.40. The van der Waals surface area contributed by atoms with Crippen molar-refractivity contribution in [2.24, 2.45) is 10.7 Å². The molecule has 3 aliphatic rings. The van der Waals surface area contributed by atoms with E-state index in [-0.39, 0.29) is 11.9 Å². The SMILES string of the molecule is CN1CC2CCC(C1)N2CCC1=NC1C(N)=O. The van der Waals surface area contributed by atoms with Gasteiger partial charge < -0.3 is 10.6 Å². The van der Waals surface area contributed by atoms with Crippen LogP contribution in [0.4, 0.5) is 0 Å². The summed E-state index contributed by atoms with van der Waals surface area (Å²) < 4.78 is 0. The molecule has 2 fully saturated rings. The second-order valence-electron chi connectivity index (χ2n) is 5.52. The van der Waals surface area contributed by atoms with Crippen molar-refractivity contribution in [3.63, 3.8) is 0 Å². The molecule has 2 saturated heterocycles. The van der Waals surface area contributed by atoms with Crippen molar-refractivity contribution >= 4 is 11.6 Å². The molecule has 0 aliphatic carbocycles. The van der Waals surface area contributed by atoms with E-state index in [4.69, 9.17) is 5.73 Å². The number of rotatable bonds is 4. The lowest BCUT2D eigenvalue weighted by Gasteiger charge is -2.39. The van der Waals surface area contributed by atoms with Crippen LogP contribution in [0.5, 0.6) is 0 Å². The standard InChI is InChI=1S/C12H20N4O/c1-15-6-8-2-3-9(7-15)16(8)5-4-10-11(14-10)12(13)17/h8-9,11H,2-7H2,1H3,(H2,13,17). The van der Waals surface area contributed by atoms with Crippen molar-refractivity contribution in [1.29, 1.82) is 0 Å². The Hall–Kier alpha value is -0.940. The summed E-state index contributed by atoms with van der Waals surface area (Å²) in [6, 6.07) is 1.16. The first kappa shape index (κ1) is 11.2. The quantitative estimate of drug-likeness (QED) is 0.713. The normalized spacial score (nSPS) is 37.0. The van der Waals surface area contributed by atoms with Crippen molar-refractivity contribution in [1.82, 2.24) is 9.80 Å². The van der Waals surface area contributed by atoms with Crippen LogP contribution in [0.15, 0.2) is 4.99 Å². The number of piperazine rings is 1. The van der Waals surface area contributed by atoms with Gasteiger partial charge in [0.1, 0.15) is 0 Å². The Labute approximate surface area is 102 Å². The smallest absolute Gasteiger partial charge is 0.248 e. The predicted octanol–water partition coefficient (Wildman–Crippen LogP) is -0.537. The van der Waals surface area contributed by atoms with E-state index >= 15 is 0 Å². The van der Waals surface area contributed by atoms with Crippen LogP contribution in [-0.4, -0.2) is 66.2 Å². The molecule has 1 amide bonds. The minimum Gasteiger partial charge on any atom is -0.367 e. The monoisotopic (exact) mass is 236 g/mol. The van der Waals surface area contributed by atoms with Crippen LogP contribution in [0.25, 0.3) is 0 Å². The van der Waals surface area contributed by atoms with E-state index in [1.165, 1.54) is 25.9 Å². The van der Waals surface area contributed by atoms with Crippen molar-refractivity contribution in [3.8, 4) is 0 Å². The highest BCUT2D eigenvalue weighted by molar-refractivity contribution is 6.17. The second kappa shape index (κ2) is 4.07. The van der Waals surface area contributed by atoms with Crippen LogP contribution >= 0.6 is 0 Å². The van der Waals surface area contributed by atoms with Crippen LogP contribution in [0.3, 0.4) is 0 Å². The van der Waals surface area contributed by atoms with Crippen LogP contribution in [0, 0.1) is 0 Å². The molecule has 3 unspecified atom stereocenters. The number of amides is 1. The molecule has 5 nitrogen and oxygen atoms in total. The van der Waals surface area contributed by atoms with E-state index in [0.29, 0.717) is 12.1 Å². The molecule has 0 saturated carbocycles. The molecule has 5 heteroatoms. The number of nitrogens with zero attached hydrogens (tertiary/aromatic N) is 3. The molecule has 0 aromatic carbocycles. The van der Waals surface area contributed by atoms with E-state index in [1.807, 2.05) is 0 Å². The molecule has 3 atom stereocenters. The maximum atomic E-state index is 10.9. The third kappa shape index (κ3) is 2.09. The highest BCUT2D eigenvalue weighted by atomic mass is 16.1. The molecule has 17 heavy (non-hydrogen) atoms. The molecule has 2 bridgehead atoms. The Balaban J connectivity index is 1.51. The Bertz CT molecular complexity index is 354. The van der Waals surface area contributed by atoms with Gasteiger partial charge in [0.15, 0.2) is 6.04 Å². The van der Waals surface area contributed by atoms with E-state index < -0.39 is 0 Å². The van der Waals surface area contributed by atoms with Gasteiger partial charge in [-0.2, -0.15) is 0 Å². The lowest BCUT2D eigenvalue weighted by atomic mass is 10.1. The van der Waals surface area contributed by atoms with Crippen molar-refractivity contribution in [2.75, 3.05) is 26.7 Å². The molecule has 0 spiro atoms. The van der Waals surface area contributed by atoms with Gasteiger partial charge >= 0.3 is 0 Å². The van der Waals surface area contributed by atoms with E-state index in [2.05, 4.69) is 21.8 Å². The zero-order chi connectivity index (χ0) is 12.0. The van der Waals surface area contributed by atoms with Crippen LogP contribution in [0.2, 0.25) is 0 Å². The van der Waals surface area contributed by atoms with Crippen molar-refractivity contribution in [2.45, 2.75) is 37.4 Å². The summed E-state index contributed by atoms with van der Waals surface area (Å²) in [6.45, 7) is 3.41. The van der Waals surface area contributed by atoms with Gasteiger partial charge in [-0.15, -0.1) is 0 Å². The molecular weight excluding hydrogens is 216 g/mol. The Morgan fingerprint density at radius 2 is 2.06 bits per heavy atom. The highest BCUT2D eigenvalue weighted by Crippen LogP contribution is 2.30. The molecule has 2 N–H and O–H groups in total. The van der Waals surface area contributed by atoms with Gasteiger partial charge in [-0.1, -0.05) is 0 Å². The predicted molar refractivity (Wildman–Crippen MR) is 66.0 cm³/mol. The van der Waals surface area contributed by atoms with E-state index in [1.54, 1.807) is 0 Å². The minimum absolute atomic E-state index is 0.264. The molecule has 0 radical (unpaired) electrons. The van der Waals surface area contributed by atoms with Gasteiger partial charge in [0.05, 0.1) is 0 Å². The lowest BCUT2D eigenvalue weighted by Crippen LogP contribution is -2.52. The number of fused-ring (bicyclic) bond motifs is 2. The zero-order valence-electron chi connectivity index (χ0n) is 10.3. The first-order valence-electron chi connectivity index (χ1n) is 6.45. The Kier molecular flexibility index (Phi) is 2.67. The van der Waals surface area contributed by atoms with Crippen LogP contribution in [0.1, 0.15) is 19.3 Å². The maximum Gasteiger partial charge on any atom is 0.248 e. The molecule has 0 aromatic rings. The molecule has 3 heterocycles. The lowest BCUT2D eigenvalue weighted by molar-refractivity contribution is -0.117. The van der Waals surface area contributed by atoms with Crippen molar-refractivity contribution in [3.05, 3.63) is 0 Å². The average molecular weight is 236 g/mol. The molecular formula is C12H20N4O. The molecule has 94 valence electrons. The van der Waals surface area contributed by atoms with Gasteiger partial charge in [-0.3, -0.25) is 14.7 Å². The number of likely N-dealkylation sites (tertiary alicyclic amines) is 1. The summed E-state index contributed by atoms with van der Waals surface area (Å²) in [5.41, 5.74) is 6.22. The number of hydrogen-bond acceptors (Lipinski definition) is 4. The number of aliphatic imine (C=N–C) groups is 1. The first-order chi connectivity index (χ1) is 8.15. The third-order valence-corrected chi connectivity index (χ3v) is 4.25. The molecule has 3 aliphatic heterocycles. The summed E-state index contributed by atoms with van der Waals surface area (Å²) in [5.74, 6) is -0.290. The van der Waals surface area contributed by atoms with Gasteiger partial charge in [0, 0.05) is 43.9 Å². The zero-order valence-corrected chi connectivity index (χ0v) is 10.3. The van der Waals surface area contributed by atoms with Gasteiger partial charge in [0.25, 0.3) is 0 Å². The summed E-state index contributed by atoms with van der Waals surface area (Å²) in [6.07, 6.45) is 3.56. The number of likely N-dealkylation sites (N-methyl/N-ethyl adjacent to an activating group) is 1. The summed E-state index contributed by atoms with van der Waals surface area (Å²) in [4.78, 5) is 20.1. The summed E-state index contributed by atoms with van der Waals surface area (Å²) in [5, 5.41) is 0. The largest absolute Gasteiger partial charge is 0.367 e. The topological polar surface area (TPSA) is 61.9 Å². The minimum atomic E-state index is -0.290. The summed E-state index contributed by atoms with van der Waals surface area (Å²) >= 11 is 0. The van der Waals surface area contributed by atoms with E-state index in [9.17, 15) is 4.79 Å². The molecule has 3 rings (SSSR count). The Morgan fingerprint density at radius 1 is 1.41 bits per heavy atom. The maximum absolute atomic E-state index is 10.9. The van der Waals surface area contributed by atoms with Crippen LogP contribution in [-0.2, 0) is 4.79 Å². The fourth-order valence-electron chi connectivity index (χ4n) is 3.37. The van der Waals surface area contributed by atoms with E-state index in [0.717, 1.165) is 18.7 Å². The average Bonchev–Trinajstić information content (AvgIpc) is 2.99. The van der Waals surface area contributed by atoms with Gasteiger partial charge in [0.2, 0.25) is 5.91 Å². The fourth-order valence-corrected chi connectivity index (χ4v) is 3.37. The number of nitrogens with two attached hydrogens (primary N) is 1. The Morgan fingerprint density at radius 3 is 2.59 bits per heavy atom. The van der Waals surface area contributed by atoms with Gasteiger partial charge in [-0.25, -0.2) is 0 Å². The number of primary amides is 1. The first-order valence-corrected chi connectivity index (χ1v) is 6.45. The number of carbonyl (C=O) groups excluding carboxylic acids is 1. The molecule has 0 aromatic heterocycles.